The van der Waals surface area contributed by atoms with Crippen LogP contribution in [0.2, 0.25) is 0 Å². The van der Waals surface area contributed by atoms with Crippen molar-refractivity contribution in [2.24, 2.45) is 23.7 Å². The number of nitrogens with one attached hydrogen (secondary N) is 1. The molecule has 1 aliphatic heterocycles. The molecule has 3 rings (SSSR count). The maximum Gasteiger partial charge on any atom is 0.350 e. The minimum absolute atomic E-state index is 0.218. The minimum Gasteiger partial charge on any atom is -0.316 e. The summed E-state index contributed by atoms with van der Waals surface area (Å²) >= 11 is 0. The molecule has 1 saturated carbocycles. The molecule has 0 aromatic carbocycles. The lowest BCUT2D eigenvalue weighted by Gasteiger charge is -2.31. The van der Waals surface area contributed by atoms with E-state index in [1.165, 1.54) is 12.8 Å². The first-order chi connectivity index (χ1) is 10.5. The molecule has 4 nitrogen and oxygen atoms in total. The highest BCUT2D eigenvalue weighted by molar-refractivity contribution is 7.89. The van der Waals surface area contributed by atoms with Gasteiger partial charge in [0.1, 0.15) is 0 Å². The monoisotopic (exact) mass is 334 g/mol. The van der Waals surface area contributed by atoms with E-state index in [4.69, 9.17) is 0 Å². The fraction of sp³-hybridized carbons (Fsp3) is 0.867. The molecule has 2 fully saturated rings. The van der Waals surface area contributed by atoms with Gasteiger partial charge in [0, 0.05) is 13.1 Å². The van der Waals surface area contributed by atoms with Crippen LogP contribution in [0.5, 0.6) is 0 Å². The van der Waals surface area contributed by atoms with Crippen LogP contribution in [0.3, 0.4) is 0 Å². The van der Waals surface area contributed by atoms with E-state index in [9.17, 15) is 17.2 Å². The summed E-state index contributed by atoms with van der Waals surface area (Å²) in [6.07, 6.45) is 8.58. The van der Waals surface area contributed by atoms with Crippen molar-refractivity contribution in [3.05, 3.63) is 12.2 Å². The number of sulfonamides is 1. The molecular formula is C15H24F2N2O2S. The average Bonchev–Trinajstić information content (AvgIpc) is 3.10. The van der Waals surface area contributed by atoms with Gasteiger partial charge in [-0.25, -0.2) is 8.42 Å². The molecule has 3 aliphatic rings. The fourth-order valence-corrected chi connectivity index (χ4v) is 5.03. The molecule has 7 heteroatoms. The number of halogens is 2. The maximum absolute atomic E-state index is 12.5. The number of nitrogens with zero attached hydrogens (tertiary/aromatic N) is 1. The van der Waals surface area contributed by atoms with E-state index >= 15 is 0 Å². The van der Waals surface area contributed by atoms with Gasteiger partial charge in [-0.1, -0.05) is 12.2 Å². The first kappa shape index (κ1) is 16.3. The zero-order valence-corrected chi connectivity index (χ0v) is 13.4. The van der Waals surface area contributed by atoms with Gasteiger partial charge in [0.25, 0.3) is 10.0 Å². The van der Waals surface area contributed by atoms with Crippen LogP contribution < -0.4 is 5.32 Å². The van der Waals surface area contributed by atoms with Crippen LogP contribution in [-0.4, -0.2) is 44.7 Å². The van der Waals surface area contributed by atoms with Gasteiger partial charge in [-0.3, -0.25) is 0 Å². The van der Waals surface area contributed by atoms with Gasteiger partial charge in [0.05, 0.1) is 0 Å². The lowest BCUT2D eigenvalue weighted by molar-refractivity contribution is 0.202. The third-order valence-electron chi connectivity index (χ3n) is 5.41. The Morgan fingerprint density at radius 1 is 1.14 bits per heavy atom. The highest BCUT2D eigenvalue weighted by Crippen LogP contribution is 2.42. The Balaban J connectivity index is 1.37. The fourth-order valence-electron chi connectivity index (χ4n) is 4.08. The normalized spacial score (nSPS) is 33.1. The number of hydrogen-bond acceptors (Lipinski definition) is 3. The number of allylic oxidation sites excluding steroid dienone is 2. The van der Waals surface area contributed by atoms with Crippen molar-refractivity contribution < 1.29 is 17.2 Å². The van der Waals surface area contributed by atoms with E-state index in [1.54, 1.807) is 0 Å². The molecule has 126 valence electrons. The van der Waals surface area contributed by atoms with Gasteiger partial charge in [0.15, 0.2) is 0 Å². The minimum atomic E-state index is -4.39. The van der Waals surface area contributed by atoms with Gasteiger partial charge in [-0.2, -0.15) is 13.1 Å². The second-order valence-corrected chi connectivity index (χ2v) is 8.75. The van der Waals surface area contributed by atoms with Gasteiger partial charge in [-0.05, 0) is 62.4 Å². The first-order valence-electron chi connectivity index (χ1n) is 8.13. The van der Waals surface area contributed by atoms with Crippen molar-refractivity contribution in [1.82, 2.24) is 9.62 Å². The van der Waals surface area contributed by atoms with E-state index in [-0.39, 0.29) is 13.1 Å². The van der Waals surface area contributed by atoms with E-state index < -0.39 is 15.8 Å². The molecular weight excluding hydrogens is 310 g/mol. The van der Waals surface area contributed by atoms with Gasteiger partial charge in [0.2, 0.25) is 0 Å². The maximum atomic E-state index is 12.5. The summed E-state index contributed by atoms with van der Waals surface area (Å²) in [4.78, 5) is 0. The van der Waals surface area contributed by atoms with Crippen molar-refractivity contribution >= 4 is 10.0 Å². The Morgan fingerprint density at radius 3 is 2.41 bits per heavy atom. The molecule has 0 aromatic rings. The third kappa shape index (κ3) is 3.36. The predicted octanol–water partition coefficient (Wildman–Crippen LogP) is 2.05. The Kier molecular flexibility index (Phi) is 4.85. The predicted molar refractivity (Wildman–Crippen MR) is 80.9 cm³/mol. The van der Waals surface area contributed by atoms with E-state index in [1.807, 2.05) is 0 Å². The van der Waals surface area contributed by atoms with Crippen LogP contribution in [0.15, 0.2) is 12.2 Å². The van der Waals surface area contributed by atoms with Crippen LogP contribution in [-0.2, 0) is 10.0 Å². The molecule has 0 amide bonds. The smallest absolute Gasteiger partial charge is 0.316 e. The number of alkyl halides is 2. The molecule has 0 unspecified atom stereocenters. The first-order valence-corrected chi connectivity index (χ1v) is 9.63. The van der Waals surface area contributed by atoms with Crippen LogP contribution in [0.4, 0.5) is 8.78 Å². The SMILES string of the molecule is O=S(=O)(C(F)F)N1CCC(CNC[C@H]2C[C@H]3C=C[C@H]2C3)CC1. The van der Waals surface area contributed by atoms with Crippen LogP contribution >= 0.6 is 0 Å². The lowest BCUT2D eigenvalue weighted by atomic mass is 9.93. The van der Waals surface area contributed by atoms with Crippen molar-refractivity contribution in [2.75, 3.05) is 26.2 Å². The third-order valence-corrected chi connectivity index (χ3v) is 6.95. The van der Waals surface area contributed by atoms with Gasteiger partial charge in [-0.15, -0.1) is 0 Å². The number of hydrogen-bond donors (Lipinski definition) is 1. The molecule has 0 radical (unpaired) electrons. The van der Waals surface area contributed by atoms with E-state index in [2.05, 4.69) is 17.5 Å². The van der Waals surface area contributed by atoms with Crippen molar-refractivity contribution in [3.63, 3.8) is 0 Å². The Bertz CT molecular complexity index is 516. The van der Waals surface area contributed by atoms with Gasteiger partial charge < -0.3 is 5.32 Å². The quantitative estimate of drug-likeness (QED) is 0.757. The molecule has 2 aliphatic carbocycles. The number of piperidine rings is 1. The van der Waals surface area contributed by atoms with Crippen molar-refractivity contribution in [2.45, 2.75) is 31.4 Å². The van der Waals surface area contributed by atoms with Gasteiger partial charge >= 0.3 is 5.76 Å². The second-order valence-electron chi connectivity index (χ2n) is 6.85. The topological polar surface area (TPSA) is 49.4 Å². The Labute approximate surface area is 131 Å². The van der Waals surface area contributed by atoms with Crippen LogP contribution in [0, 0.1) is 23.7 Å². The molecule has 0 spiro atoms. The summed E-state index contributed by atoms with van der Waals surface area (Å²) < 4.78 is 48.7. The largest absolute Gasteiger partial charge is 0.350 e. The highest BCUT2D eigenvalue weighted by atomic mass is 32.2. The molecule has 0 aromatic heterocycles. The molecule has 22 heavy (non-hydrogen) atoms. The highest BCUT2D eigenvalue weighted by Gasteiger charge is 2.36. The summed E-state index contributed by atoms with van der Waals surface area (Å²) in [6.45, 7) is 2.31. The number of fused-ring (bicyclic) bond motifs is 2. The number of rotatable bonds is 6. The van der Waals surface area contributed by atoms with Crippen molar-refractivity contribution in [1.29, 1.82) is 0 Å². The van der Waals surface area contributed by atoms with E-state index in [0.29, 0.717) is 18.8 Å². The summed E-state index contributed by atoms with van der Waals surface area (Å²) in [5.74, 6) is -0.671. The van der Waals surface area contributed by atoms with Crippen molar-refractivity contribution in [3.8, 4) is 0 Å². The summed E-state index contributed by atoms with van der Waals surface area (Å²) in [5, 5.41) is 3.51. The standard InChI is InChI=1S/C15H24F2N2O2S/c16-15(17)22(20,21)19-5-3-11(4-6-19)9-18-10-14-8-12-1-2-13(14)7-12/h1-2,11-15,18H,3-10H2/t12-,13-,14+/m0/s1. The molecule has 2 bridgehead atoms. The summed E-state index contributed by atoms with van der Waals surface area (Å²) in [5.41, 5.74) is 0. The zero-order valence-electron chi connectivity index (χ0n) is 12.6. The summed E-state index contributed by atoms with van der Waals surface area (Å²) in [6, 6.07) is 0. The van der Waals surface area contributed by atoms with E-state index in [0.717, 1.165) is 35.1 Å². The molecule has 1 N–H and O–H groups in total. The Morgan fingerprint density at radius 2 is 1.86 bits per heavy atom. The lowest BCUT2D eigenvalue weighted by Crippen LogP contribution is -2.43. The summed E-state index contributed by atoms with van der Waals surface area (Å²) in [7, 11) is -4.39. The van der Waals surface area contributed by atoms with Crippen LogP contribution in [0.25, 0.3) is 0 Å². The van der Waals surface area contributed by atoms with Crippen LogP contribution in [0.1, 0.15) is 25.7 Å². The Hall–Kier alpha value is -0.530. The average molecular weight is 334 g/mol. The zero-order chi connectivity index (χ0) is 15.7. The second kappa shape index (κ2) is 6.53. The molecule has 1 saturated heterocycles. The molecule has 3 atom stereocenters. The molecule has 1 heterocycles.